The fourth-order valence-electron chi connectivity index (χ4n) is 1.56. The Morgan fingerprint density at radius 3 is 2.50 bits per heavy atom. The van der Waals surface area contributed by atoms with Crippen molar-refractivity contribution in [2.75, 3.05) is 0 Å². The standard InChI is InChI=1S/C12H7ClN2S/c13-10-3-1-8(2-4-10)11-5-9-6-14-15-7-12(9)16-11/h1-7H. The summed E-state index contributed by atoms with van der Waals surface area (Å²) in [5.74, 6) is 0. The number of hydrogen-bond acceptors (Lipinski definition) is 3. The zero-order valence-corrected chi connectivity index (χ0v) is 9.79. The average Bonchev–Trinajstić information content (AvgIpc) is 2.73. The van der Waals surface area contributed by atoms with E-state index in [4.69, 9.17) is 11.6 Å². The second-order valence-corrected chi connectivity index (χ2v) is 4.95. The van der Waals surface area contributed by atoms with Gasteiger partial charge in [-0.3, -0.25) is 0 Å². The minimum absolute atomic E-state index is 0.758. The van der Waals surface area contributed by atoms with Gasteiger partial charge < -0.3 is 0 Å². The molecule has 0 aliphatic rings. The summed E-state index contributed by atoms with van der Waals surface area (Å²) in [7, 11) is 0. The molecule has 0 aliphatic heterocycles. The summed E-state index contributed by atoms with van der Waals surface area (Å²) in [6, 6.07) is 9.97. The Labute approximate surface area is 102 Å². The predicted octanol–water partition coefficient (Wildman–Crippen LogP) is 4.01. The van der Waals surface area contributed by atoms with E-state index >= 15 is 0 Å². The molecule has 1 aromatic carbocycles. The van der Waals surface area contributed by atoms with Crippen LogP contribution in [0.25, 0.3) is 20.5 Å². The van der Waals surface area contributed by atoms with Gasteiger partial charge >= 0.3 is 0 Å². The molecule has 4 heteroatoms. The van der Waals surface area contributed by atoms with Gasteiger partial charge in [0, 0.05) is 15.3 Å². The van der Waals surface area contributed by atoms with E-state index in [1.165, 1.54) is 10.4 Å². The topological polar surface area (TPSA) is 25.8 Å². The molecule has 0 saturated heterocycles. The van der Waals surface area contributed by atoms with Gasteiger partial charge in [-0.2, -0.15) is 10.2 Å². The third kappa shape index (κ3) is 1.68. The maximum absolute atomic E-state index is 5.86. The van der Waals surface area contributed by atoms with Crippen LogP contribution < -0.4 is 0 Å². The Bertz CT molecular complexity index is 598. The number of halogens is 1. The number of fused-ring (bicyclic) bond motifs is 1. The molecule has 0 spiro atoms. The lowest BCUT2D eigenvalue weighted by atomic mass is 10.2. The lowest BCUT2D eigenvalue weighted by molar-refractivity contribution is 1.05. The van der Waals surface area contributed by atoms with Crippen LogP contribution in [0.1, 0.15) is 0 Å². The van der Waals surface area contributed by atoms with Crippen LogP contribution in [0.4, 0.5) is 0 Å². The lowest BCUT2D eigenvalue weighted by Crippen LogP contribution is -1.73. The van der Waals surface area contributed by atoms with E-state index in [0.717, 1.165) is 15.1 Å². The van der Waals surface area contributed by atoms with Crippen molar-refractivity contribution in [2.24, 2.45) is 0 Å². The first-order valence-electron chi connectivity index (χ1n) is 4.79. The summed E-state index contributed by atoms with van der Waals surface area (Å²) in [5, 5.41) is 9.63. The molecule has 3 rings (SSSR count). The summed E-state index contributed by atoms with van der Waals surface area (Å²) in [6.07, 6.45) is 3.57. The van der Waals surface area contributed by atoms with Gasteiger partial charge in [-0.15, -0.1) is 11.3 Å². The molecule has 0 bridgehead atoms. The Morgan fingerprint density at radius 2 is 1.75 bits per heavy atom. The fourth-order valence-corrected chi connectivity index (χ4v) is 2.69. The highest BCUT2D eigenvalue weighted by Crippen LogP contribution is 2.32. The number of aromatic nitrogens is 2. The summed E-state index contributed by atoms with van der Waals surface area (Å²) in [5.41, 5.74) is 1.17. The van der Waals surface area contributed by atoms with Crippen LogP contribution in [0.2, 0.25) is 5.02 Å². The first-order chi connectivity index (χ1) is 7.83. The van der Waals surface area contributed by atoms with Crippen molar-refractivity contribution in [2.45, 2.75) is 0 Å². The predicted molar refractivity (Wildman–Crippen MR) is 67.9 cm³/mol. The van der Waals surface area contributed by atoms with Gasteiger partial charge in [0.2, 0.25) is 0 Å². The van der Waals surface area contributed by atoms with Gasteiger partial charge in [-0.25, -0.2) is 0 Å². The van der Waals surface area contributed by atoms with Crippen LogP contribution in [0.15, 0.2) is 42.7 Å². The molecule has 0 aliphatic carbocycles. The molecule has 2 heterocycles. The molecule has 0 amide bonds. The van der Waals surface area contributed by atoms with Crippen molar-refractivity contribution < 1.29 is 0 Å². The SMILES string of the molecule is Clc1ccc(-c2cc3cnncc3s2)cc1. The number of nitrogens with zero attached hydrogens (tertiary/aromatic N) is 2. The van der Waals surface area contributed by atoms with Gasteiger partial charge in [0.25, 0.3) is 0 Å². The molecule has 3 aromatic rings. The second-order valence-electron chi connectivity index (χ2n) is 3.43. The van der Waals surface area contributed by atoms with Crippen molar-refractivity contribution in [1.82, 2.24) is 10.2 Å². The Morgan fingerprint density at radius 1 is 1.00 bits per heavy atom. The summed E-state index contributed by atoms with van der Waals surface area (Å²) in [4.78, 5) is 1.21. The minimum atomic E-state index is 0.758. The zero-order chi connectivity index (χ0) is 11.0. The van der Waals surface area contributed by atoms with E-state index in [0.29, 0.717) is 0 Å². The van der Waals surface area contributed by atoms with Crippen LogP contribution in [0.5, 0.6) is 0 Å². The first kappa shape index (κ1) is 9.75. The van der Waals surface area contributed by atoms with Crippen molar-refractivity contribution in [3.05, 3.63) is 47.7 Å². The molecule has 0 atom stereocenters. The van der Waals surface area contributed by atoms with Crippen LogP contribution in [-0.2, 0) is 0 Å². The average molecular weight is 247 g/mol. The smallest absolute Gasteiger partial charge is 0.0674 e. The van der Waals surface area contributed by atoms with E-state index in [1.54, 1.807) is 23.7 Å². The fraction of sp³-hybridized carbons (Fsp3) is 0. The number of hydrogen-bond donors (Lipinski definition) is 0. The van der Waals surface area contributed by atoms with Crippen molar-refractivity contribution in [3.63, 3.8) is 0 Å². The van der Waals surface area contributed by atoms with E-state index in [1.807, 2.05) is 24.3 Å². The molecule has 78 valence electrons. The highest BCUT2D eigenvalue weighted by atomic mass is 35.5. The first-order valence-corrected chi connectivity index (χ1v) is 5.98. The highest BCUT2D eigenvalue weighted by Gasteiger charge is 2.04. The maximum atomic E-state index is 5.86. The van der Waals surface area contributed by atoms with Gasteiger partial charge in [-0.05, 0) is 23.8 Å². The Hall–Kier alpha value is -1.45. The van der Waals surface area contributed by atoms with Crippen LogP contribution in [-0.4, -0.2) is 10.2 Å². The van der Waals surface area contributed by atoms with Gasteiger partial charge in [0.1, 0.15) is 0 Å². The van der Waals surface area contributed by atoms with Gasteiger partial charge in [0.05, 0.1) is 17.1 Å². The molecule has 2 aromatic heterocycles. The minimum Gasteiger partial charge on any atom is -0.158 e. The molecule has 0 fully saturated rings. The molecule has 0 unspecified atom stereocenters. The number of rotatable bonds is 1. The highest BCUT2D eigenvalue weighted by molar-refractivity contribution is 7.22. The summed E-state index contributed by atoms with van der Waals surface area (Å²) < 4.78 is 1.15. The van der Waals surface area contributed by atoms with Gasteiger partial charge in [0.15, 0.2) is 0 Å². The molecular weight excluding hydrogens is 240 g/mol. The van der Waals surface area contributed by atoms with E-state index in [-0.39, 0.29) is 0 Å². The quantitative estimate of drug-likeness (QED) is 0.648. The molecular formula is C12H7ClN2S. The van der Waals surface area contributed by atoms with Crippen molar-refractivity contribution in [1.29, 1.82) is 0 Å². The molecule has 0 radical (unpaired) electrons. The normalized spacial score (nSPS) is 10.8. The number of thiophene rings is 1. The number of benzene rings is 1. The third-order valence-electron chi connectivity index (χ3n) is 2.36. The van der Waals surface area contributed by atoms with E-state index < -0.39 is 0 Å². The van der Waals surface area contributed by atoms with Crippen LogP contribution >= 0.6 is 22.9 Å². The van der Waals surface area contributed by atoms with Crippen LogP contribution in [0.3, 0.4) is 0 Å². The van der Waals surface area contributed by atoms with Crippen LogP contribution in [0, 0.1) is 0 Å². The largest absolute Gasteiger partial charge is 0.158 e. The monoisotopic (exact) mass is 246 g/mol. The second kappa shape index (κ2) is 3.85. The Kier molecular flexibility index (Phi) is 2.35. The molecule has 2 nitrogen and oxygen atoms in total. The van der Waals surface area contributed by atoms with E-state index in [9.17, 15) is 0 Å². The molecule has 16 heavy (non-hydrogen) atoms. The van der Waals surface area contributed by atoms with Crippen molar-refractivity contribution in [3.8, 4) is 10.4 Å². The van der Waals surface area contributed by atoms with Gasteiger partial charge in [-0.1, -0.05) is 23.7 Å². The Balaban J connectivity index is 2.15. The summed E-state index contributed by atoms with van der Waals surface area (Å²) >= 11 is 7.57. The molecule has 0 N–H and O–H groups in total. The zero-order valence-electron chi connectivity index (χ0n) is 8.22. The van der Waals surface area contributed by atoms with E-state index in [2.05, 4.69) is 16.3 Å². The van der Waals surface area contributed by atoms with Crippen molar-refractivity contribution >= 4 is 33.0 Å². The molecule has 0 saturated carbocycles. The third-order valence-corrected chi connectivity index (χ3v) is 3.74. The maximum Gasteiger partial charge on any atom is 0.0674 e. The lowest BCUT2D eigenvalue weighted by Gasteiger charge is -1.95. The summed E-state index contributed by atoms with van der Waals surface area (Å²) in [6.45, 7) is 0.